The lowest BCUT2D eigenvalue weighted by molar-refractivity contribution is -0.169. The van der Waals surface area contributed by atoms with Crippen LogP contribution >= 0.6 is 0 Å². The highest BCUT2D eigenvalue weighted by Crippen LogP contribution is 2.49. The third-order valence-electron chi connectivity index (χ3n) is 8.39. The number of carbonyl (C=O) groups is 1. The first-order valence-corrected chi connectivity index (χ1v) is 12.1. The summed E-state index contributed by atoms with van der Waals surface area (Å²) in [5, 5.41) is 15.5. The third-order valence-corrected chi connectivity index (χ3v) is 8.39. The number of aliphatic hydroxyl groups excluding tert-OH is 1. The molecule has 4 heterocycles. The van der Waals surface area contributed by atoms with E-state index in [0.717, 1.165) is 58.3 Å². The number of H-pyrrole nitrogens is 1. The van der Waals surface area contributed by atoms with Crippen LogP contribution in [-0.2, 0) is 16.0 Å². The number of nitrogens with zero attached hydrogens (tertiary/aromatic N) is 1. The zero-order valence-electron chi connectivity index (χ0n) is 18.1. The molecule has 166 valence electrons. The minimum absolute atomic E-state index is 0.00333. The number of esters is 1. The topological polar surface area (TPSA) is 77.6 Å². The number of aliphatic hydroxyl groups is 1. The van der Waals surface area contributed by atoms with Crippen molar-refractivity contribution < 1.29 is 14.6 Å². The van der Waals surface area contributed by atoms with Gasteiger partial charge in [-0.05, 0) is 75.1 Å². The van der Waals surface area contributed by atoms with Crippen molar-refractivity contribution in [1.29, 1.82) is 0 Å². The van der Waals surface area contributed by atoms with Gasteiger partial charge in [0.2, 0.25) is 0 Å². The summed E-state index contributed by atoms with van der Waals surface area (Å²) < 4.78 is 5.94. The number of nitrogens with one attached hydrogen (secondary N) is 2. The van der Waals surface area contributed by atoms with E-state index in [1.54, 1.807) is 0 Å². The van der Waals surface area contributed by atoms with Gasteiger partial charge < -0.3 is 20.1 Å². The first-order valence-electron chi connectivity index (χ1n) is 12.1. The van der Waals surface area contributed by atoms with Gasteiger partial charge in [-0.25, -0.2) is 0 Å². The van der Waals surface area contributed by atoms with E-state index in [0.29, 0.717) is 18.4 Å². The maximum Gasteiger partial charge on any atom is 0.312 e. The van der Waals surface area contributed by atoms with E-state index in [-0.39, 0.29) is 23.9 Å². The summed E-state index contributed by atoms with van der Waals surface area (Å²) in [5.74, 6) is 0.119. The molecule has 1 aromatic heterocycles. The number of carbonyl (C=O) groups excluding carboxylic acids is 1. The SMILES string of the molecule is O=C(OC1CCNCC1)[C@@H]1[C@H]2C[C@H]3c4[nH]c5ccccc5c4CCN3C[C@@H]2CC[C@@H]1O. The zero-order valence-corrected chi connectivity index (χ0v) is 18.1. The second kappa shape index (κ2) is 7.91. The molecule has 4 aliphatic rings. The molecular weight excluding hydrogens is 390 g/mol. The molecule has 0 radical (unpaired) electrons. The largest absolute Gasteiger partial charge is 0.462 e. The normalized spacial score (nSPS) is 34.0. The molecule has 31 heavy (non-hydrogen) atoms. The lowest BCUT2D eigenvalue weighted by atomic mass is 9.65. The summed E-state index contributed by atoms with van der Waals surface area (Å²) in [5.41, 5.74) is 3.99. The number of benzene rings is 1. The second-order valence-electron chi connectivity index (χ2n) is 10.0. The molecule has 0 bridgehead atoms. The number of para-hydroxylation sites is 1. The minimum Gasteiger partial charge on any atom is -0.462 e. The van der Waals surface area contributed by atoms with Crippen LogP contribution in [0.2, 0.25) is 0 Å². The minimum atomic E-state index is -0.576. The third kappa shape index (κ3) is 3.40. The molecule has 1 aliphatic carbocycles. The summed E-state index contributed by atoms with van der Waals surface area (Å²) in [6.45, 7) is 3.90. The van der Waals surface area contributed by atoms with Crippen molar-refractivity contribution in [2.24, 2.45) is 17.8 Å². The Morgan fingerprint density at radius 2 is 1.97 bits per heavy atom. The van der Waals surface area contributed by atoms with Crippen molar-refractivity contribution in [3.63, 3.8) is 0 Å². The molecule has 0 unspecified atom stereocenters. The molecule has 2 saturated heterocycles. The van der Waals surface area contributed by atoms with Gasteiger partial charge in [0.25, 0.3) is 0 Å². The van der Waals surface area contributed by atoms with Crippen molar-refractivity contribution >= 4 is 16.9 Å². The number of aromatic nitrogens is 1. The quantitative estimate of drug-likeness (QED) is 0.648. The maximum absolute atomic E-state index is 13.3. The van der Waals surface area contributed by atoms with Crippen molar-refractivity contribution in [2.75, 3.05) is 26.2 Å². The smallest absolute Gasteiger partial charge is 0.312 e. The van der Waals surface area contributed by atoms with E-state index >= 15 is 0 Å². The van der Waals surface area contributed by atoms with Gasteiger partial charge >= 0.3 is 5.97 Å². The van der Waals surface area contributed by atoms with Crippen molar-refractivity contribution in [1.82, 2.24) is 15.2 Å². The van der Waals surface area contributed by atoms with E-state index in [4.69, 9.17) is 4.74 Å². The van der Waals surface area contributed by atoms with Crippen LogP contribution in [0.4, 0.5) is 0 Å². The molecular formula is C25H33N3O3. The fourth-order valence-corrected chi connectivity index (χ4v) is 6.82. The van der Waals surface area contributed by atoms with E-state index in [2.05, 4.69) is 39.5 Å². The van der Waals surface area contributed by atoms with Gasteiger partial charge in [0, 0.05) is 29.7 Å². The van der Waals surface area contributed by atoms with E-state index < -0.39 is 6.10 Å². The summed E-state index contributed by atoms with van der Waals surface area (Å²) in [7, 11) is 0. The van der Waals surface area contributed by atoms with Crippen LogP contribution in [0, 0.1) is 17.8 Å². The van der Waals surface area contributed by atoms with Crippen LogP contribution in [0.25, 0.3) is 10.9 Å². The van der Waals surface area contributed by atoms with Gasteiger partial charge in [0.15, 0.2) is 0 Å². The van der Waals surface area contributed by atoms with Gasteiger partial charge in [-0.3, -0.25) is 9.69 Å². The van der Waals surface area contributed by atoms with Crippen molar-refractivity contribution in [3.05, 3.63) is 35.5 Å². The average Bonchev–Trinajstić information content (AvgIpc) is 3.17. The molecule has 3 aliphatic heterocycles. The van der Waals surface area contributed by atoms with Crippen LogP contribution in [0.3, 0.4) is 0 Å². The summed E-state index contributed by atoms with van der Waals surface area (Å²) in [6.07, 6.45) is 4.89. The molecule has 6 heteroatoms. The van der Waals surface area contributed by atoms with Crippen LogP contribution in [0.1, 0.15) is 49.4 Å². The number of fused-ring (bicyclic) bond motifs is 6. The van der Waals surface area contributed by atoms with Gasteiger partial charge in [0.1, 0.15) is 6.10 Å². The molecule has 0 amide bonds. The van der Waals surface area contributed by atoms with E-state index in [1.807, 2.05) is 0 Å². The fraction of sp³-hybridized carbons (Fsp3) is 0.640. The molecule has 6 nitrogen and oxygen atoms in total. The standard InChI is InChI=1S/C25H33N3O3/c29-22-6-5-15-14-28-12-9-18-17-3-1-2-4-20(17)27-24(18)21(28)13-19(15)23(22)25(30)31-16-7-10-26-11-8-16/h1-4,15-16,19,21-23,26-27,29H,5-14H2/t15-,19-,21-,22-,23+/m0/s1. The Kier molecular flexibility index (Phi) is 5.04. The van der Waals surface area contributed by atoms with Crippen molar-refractivity contribution in [3.8, 4) is 0 Å². The Balaban J connectivity index is 1.28. The Labute approximate surface area is 183 Å². The number of hydrogen-bond acceptors (Lipinski definition) is 5. The number of hydrogen-bond donors (Lipinski definition) is 3. The summed E-state index contributed by atoms with van der Waals surface area (Å²) in [6, 6.07) is 8.88. The zero-order chi connectivity index (χ0) is 20.9. The monoisotopic (exact) mass is 423 g/mol. The molecule has 3 N–H and O–H groups in total. The fourth-order valence-electron chi connectivity index (χ4n) is 6.82. The summed E-state index contributed by atoms with van der Waals surface area (Å²) in [4.78, 5) is 19.6. The van der Waals surface area contributed by atoms with E-state index in [1.165, 1.54) is 22.2 Å². The maximum atomic E-state index is 13.3. The lowest BCUT2D eigenvalue weighted by Gasteiger charge is -2.51. The van der Waals surface area contributed by atoms with Gasteiger partial charge in [-0.1, -0.05) is 18.2 Å². The van der Waals surface area contributed by atoms with Crippen LogP contribution < -0.4 is 5.32 Å². The Hall–Kier alpha value is -1.89. The number of ether oxygens (including phenoxy) is 1. The highest BCUT2D eigenvalue weighted by Gasteiger charge is 2.50. The number of rotatable bonds is 2. The molecule has 3 fully saturated rings. The molecule has 6 rings (SSSR count). The highest BCUT2D eigenvalue weighted by molar-refractivity contribution is 5.85. The van der Waals surface area contributed by atoms with Crippen LogP contribution in [-0.4, -0.2) is 59.3 Å². The molecule has 1 aromatic carbocycles. The van der Waals surface area contributed by atoms with Gasteiger partial charge in [-0.2, -0.15) is 0 Å². The molecule has 0 spiro atoms. The van der Waals surface area contributed by atoms with E-state index in [9.17, 15) is 9.90 Å². The lowest BCUT2D eigenvalue weighted by Crippen LogP contribution is -2.53. The average molecular weight is 424 g/mol. The highest BCUT2D eigenvalue weighted by atomic mass is 16.5. The molecule has 1 saturated carbocycles. The predicted molar refractivity (Wildman–Crippen MR) is 119 cm³/mol. The number of piperidine rings is 2. The second-order valence-corrected chi connectivity index (χ2v) is 10.0. The summed E-state index contributed by atoms with van der Waals surface area (Å²) >= 11 is 0. The predicted octanol–water partition coefficient (Wildman–Crippen LogP) is 2.77. The van der Waals surface area contributed by atoms with Crippen LogP contribution in [0.15, 0.2) is 24.3 Å². The first-order chi connectivity index (χ1) is 15.2. The van der Waals surface area contributed by atoms with Gasteiger partial charge in [0.05, 0.1) is 18.1 Å². The Bertz CT molecular complexity index is 966. The molecule has 5 atom stereocenters. The molecule has 2 aromatic rings. The Morgan fingerprint density at radius 3 is 2.84 bits per heavy atom. The van der Waals surface area contributed by atoms with Gasteiger partial charge in [-0.15, -0.1) is 0 Å². The number of aromatic amines is 1. The van der Waals surface area contributed by atoms with Crippen LogP contribution in [0.5, 0.6) is 0 Å². The first kappa shape index (κ1) is 19.8. The Morgan fingerprint density at radius 1 is 1.13 bits per heavy atom. The van der Waals surface area contributed by atoms with Crippen molar-refractivity contribution in [2.45, 2.75) is 56.8 Å².